The molecule has 0 saturated carbocycles. The minimum Gasteiger partial charge on any atom is -0.490 e. The average molecular weight is 349 g/mol. The molecule has 3 rings (SSSR count). The van der Waals surface area contributed by atoms with Crippen LogP contribution in [0.15, 0.2) is 18.2 Å². The molecule has 0 spiro atoms. The van der Waals surface area contributed by atoms with E-state index >= 15 is 0 Å². The number of hydrogen-bond donors (Lipinski definition) is 1. The van der Waals surface area contributed by atoms with Crippen molar-refractivity contribution >= 4 is 17.5 Å². The lowest BCUT2D eigenvalue weighted by Crippen LogP contribution is -2.26. The Bertz CT molecular complexity index is 742. The molecule has 0 unspecified atom stereocenters. The third-order valence-corrected chi connectivity index (χ3v) is 4.13. The van der Waals surface area contributed by atoms with Gasteiger partial charge >= 0.3 is 0 Å². The van der Waals surface area contributed by atoms with Crippen LogP contribution in [0.4, 0.5) is 0 Å². The van der Waals surface area contributed by atoms with E-state index in [0.29, 0.717) is 22.9 Å². The minimum atomic E-state index is -0.235. The van der Waals surface area contributed by atoms with Gasteiger partial charge in [-0.1, -0.05) is 11.6 Å². The number of rotatable bonds is 5. The lowest BCUT2D eigenvalue weighted by molar-refractivity contribution is 0.0943. The van der Waals surface area contributed by atoms with E-state index < -0.39 is 0 Å². The van der Waals surface area contributed by atoms with Crippen LogP contribution in [0, 0.1) is 0 Å². The molecule has 0 radical (unpaired) electrons. The van der Waals surface area contributed by atoms with Crippen LogP contribution >= 0.6 is 11.6 Å². The van der Waals surface area contributed by atoms with Crippen molar-refractivity contribution in [2.45, 2.75) is 52.3 Å². The molecular formula is C17H21ClN4O2. The highest BCUT2D eigenvalue weighted by Crippen LogP contribution is 2.24. The van der Waals surface area contributed by atoms with Gasteiger partial charge in [0.05, 0.1) is 18.2 Å². The third-order valence-electron chi connectivity index (χ3n) is 3.89. The summed E-state index contributed by atoms with van der Waals surface area (Å²) >= 11 is 6.03. The summed E-state index contributed by atoms with van der Waals surface area (Å²) in [6.45, 7) is 5.07. The highest BCUT2D eigenvalue weighted by Gasteiger charge is 2.18. The number of hydrogen-bond acceptors (Lipinski definition) is 4. The van der Waals surface area contributed by atoms with Crippen molar-refractivity contribution in [1.82, 2.24) is 20.1 Å². The zero-order valence-corrected chi connectivity index (χ0v) is 14.6. The summed E-state index contributed by atoms with van der Waals surface area (Å²) < 4.78 is 7.79. The lowest BCUT2D eigenvalue weighted by atomic mass is 10.1. The first kappa shape index (κ1) is 16.8. The van der Waals surface area contributed by atoms with Crippen LogP contribution in [0.1, 0.15) is 48.7 Å². The number of nitrogens with zero attached hydrogens (tertiary/aromatic N) is 3. The van der Waals surface area contributed by atoms with Crippen molar-refractivity contribution in [3.05, 3.63) is 40.4 Å². The van der Waals surface area contributed by atoms with Gasteiger partial charge in [-0.15, -0.1) is 10.2 Å². The second-order valence-corrected chi connectivity index (χ2v) is 6.57. The third kappa shape index (κ3) is 3.70. The molecule has 1 aliphatic heterocycles. The van der Waals surface area contributed by atoms with E-state index in [9.17, 15) is 4.79 Å². The second kappa shape index (κ2) is 7.21. The van der Waals surface area contributed by atoms with Gasteiger partial charge < -0.3 is 14.6 Å². The maximum absolute atomic E-state index is 12.6. The fourth-order valence-corrected chi connectivity index (χ4v) is 2.96. The summed E-state index contributed by atoms with van der Waals surface area (Å²) in [5, 5.41) is 11.8. The zero-order valence-electron chi connectivity index (χ0n) is 13.9. The van der Waals surface area contributed by atoms with Gasteiger partial charge in [0.2, 0.25) is 0 Å². The molecule has 2 aromatic rings. The molecule has 1 aromatic heterocycles. The maximum Gasteiger partial charge on any atom is 0.255 e. The SMILES string of the molecule is CC(C)Oc1ccc(Cl)cc1C(=O)NCc1nnc2n1CCCC2. The van der Waals surface area contributed by atoms with Crippen molar-refractivity contribution in [3.8, 4) is 5.75 Å². The van der Waals surface area contributed by atoms with Gasteiger partial charge in [-0.2, -0.15) is 0 Å². The van der Waals surface area contributed by atoms with Crippen LogP contribution in [0.25, 0.3) is 0 Å². The standard InChI is InChI=1S/C17H21ClN4O2/c1-11(2)24-14-7-6-12(18)9-13(14)17(23)19-10-16-21-20-15-5-3-4-8-22(15)16/h6-7,9,11H,3-5,8,10H2,1-2H3,(H,19,23). The molecule has 0 atom stereocenters. The van der Waals surface area contributed by atoms with Crippen molar-refractivity contribution in [3.63, 3.8) is 0 Å². The smallest absolute Gasteiger partial charge is 0.255 e. The van der Waals surface area contributed by atoms with Gasteiger partial charge in [-0.05, 0) is 44.9 Å². The van der Waals surface area contributed by atoms with E-state index in [4.69, 9.17) is 16.3 Å². The molecule has 1 amide bonds. The minimum absolute atomic E-state index is 0.0266. The first-order valence-corrected chi connectivity index (χ1v) is 8.57. The van der Waals surface area contributed by atoms with Gasteiger partial charge in [0.25, 0.3) is 5.91 Å². The number of amides is 1. The Kier molecular flexibility index (Phi) is 5.04. The average Bonchev–Trinajstić information content (AvgIpc) is 2.97. The molecule has 0 fully saturated rings. The number of carbonyl (C=O) groups is 1. The normalized spacial score (nSPS) is 13.7. The summed E-state index contributed by atoms with van der Waals surface area (Å²) in [6, 6.07) is 5.05. The highest BCUT2D eigenvalue weighted by molar-refractivity contribution is 6.31. The Morgan fingerprint density at radius 3 is 3.00 bits per heavy atom. The van der Waals surface area contributed by atoms with Crippen LogP contribution < -0.4 is 10.1 Å². The number of carbonyl (C=O) groups excluding carboxylic acids is 1. The fourth-order valence-electron chi connectivity index (χ4n) is 2.79. The molecule has 0 aliphatic carbocycles. The van der Waals surface area contributed by atoms with E-state index in [1.807, 2.05) is 13.8 Å². The number of ether oxygens (including phenoxy) is 1. The number of aromatic nitrogens is 3. The van der Waals surface area contributed by atoms with E-state index in [1.165, 1.54) is 0 Å². The van der Waals surface area contributed by atoms with Gasteiger partial charge in [0.15, 0.2) is 5.82 Å². The first-order valence-electron chi connectivity index (χ1n) is 8.20. The van der Waals surface area contributed by atoms with Gasteiger partial charge in [-0.3, -0.25) is 4.79 Å². The van der Waals surface area contributed by atoms with Gasteiger partial charge in [0.1, 0.15) is 11.6 Å². The number of aryl methyl sites for hydroxylation is 1. The predicted octanol–water partition coefficient (Wildman–Crippen LogP) is 2.99. The van der Waals surface area contributed by atoms with Gasteiger partial charge in [-0.25, -0.2) is 0 Å². The Morgan fingerprint density at radius 1 is 1.38 bits per heavy atom. The summed E-state index contributed by atoms with van der Waals surface area (Å²) in [6.07, 6.45) is 3.18. The quantitative estimate of drug-likeness (QED) is 0.901. The van der Waals surface area contributed by atoms with Crippen molar-refractivity contribution in [2.75, 3.05) is 0 Å². The summed E-state index contributed by atoms with van der Waals surface area (Å²) in [4.78, 5) is 12.6. The predicted molar refractivity (Wildman–Crippen MR) is 91.3 cm³/mol. The lowest BCUT2D eigenvalue weighted by Gasteiger charge is -2.16. The molecule has 24 heavy (non-hydrogen) atoms. The maximum atomic E-state index is 12.6. The van der Waals surface area contributed by atoms with E-state index in [1.54, 1.807) is 18.2 Å². The summed E-state index contributed by atoms with van der Waals surface area (Å²) in [5.41, 5.74) is 0.426. The molecular weight excluding hydrogens is 328 g/mol. The van der Waals surface area contributed by atoms with E-state index in [-0.39, 0.29) is 12.0 Å². The van der Waals surface area contributed by atoms with Crippen molar-refractivity contribution in [2.24, 2.45) is 0 Å². The molecule has 0 saturated heterocycles. The molecule has 2 heterocycles. The van der Waals surface area contributed by atoms with Crippen molar-refractivity contribution in [1.29, 1.82) is 0 Å². The number of nitrogens with one attached hydrogen (secondary N) is 1. The molecule has 1 N–H and O–H groups in total. The number of fused-ring (bicyclic) bond motifs is 1. The highest BCUT2D eigenvalue weighted by atomic mass is 35.5. The summed E-state index contributed by atoms with van der Waals surface area (Å²) in [7, 11) is 0. The molecule has 6 nitrogen and oxygen atoms in total. The molecule has 1 aromatic carbocycles. The van der Waals surface area contributed by atoms with Crippen molar-refractivity contribution < 1.29 is 9.53 Å². The molecule has 0 bridgehead atoms. The van der Waals surface area contributed by atoms with Crippen LogP contribution in [0.2, 0.25) is 5.02 Å². The Morgan fingerprint density at radius 2 is 2.21 bits per heavy atom. The monoisotopic (exact) mass is 348 g/mol. The Labute approximate surface area is 146 Å². The topological polar surface area (TPSA) is 69.0 Å². The van der Waals surface area contributed by atoms with Gasteiger partial charge in [0, 0.05) is 18.0 Å². The van der Waals surface area contributed by atoms with E-state index in [0.717, 1.165) is 37.5 Å². The van der Waals surface area contributed by atoms with E-state index in [2.05, 4.69) is 20.1 Å². The number of halogens is 1. The van der Waals surface area contributed by atoms with Crippen LogP contribution in [-0.2, 0) is 19.5 Å². The fraction of sp³-hybridized carbons (Fsp3) is 0.471. The number of benzene rings is 1. The first-order chi connectivity index (χ1) is 11.5. The molecule has 128 valence electrons. The molecule has 7 heteroatoms. The van der Waals surface area contributed by atoms with Crippen LogP contribution in [0.5, 0.6) is 5.75 Å². The second-order valence-electron chi connectivity index (χ2n) is 6.13. The molecule has 1 aliphatic rings. The Hall–Kier alpha value is -2.08. The van der Waals surface area contributed by atoms with Crippen LogP contribution in [0.3, 0.4) is 0 Å². The van der Waals surface area contributed by atoms with Crippen LogP contribution in [-0.4, -0.2) is 26.8 Å². The summed E-state index contributed by atoms with van der Waals surface area (Å²) in [5.74, 6) is 2.07. The zero-order chi connectivity index (χ0) is 17.1. The Balaban J connectivity index is 1.73. The largest absolute Gasteiger partial charge is 0.490 e.